The van der Waals surface area contributed by atoms with Crippen LogP contribution in [0.2, 0.25) is 0 Å². The van der Waals surface area contributed by atoms with E-state index in [1.165, 1.54) is 6.07 Å². The summed E-state index contributed by atoms with van der Waals surface area (Å²) in [6, 6.07) is 4.92. The van der Waals surface area contributed by atoms with Gasteiger partial charge in [0.05, 0.1) is 11.6 Å². The Morgan fingerprint density at radius 1 is 1.25 bits per heavy atom. The standard InChI is InChI=1S/C13H13F3N4/c14-13(15,16)9-4-1-3-8(7-9)11-18-19-12-10(17)5-2-6-20(11)12/h1,3-4,7,10H,2,5-6,17H2. The average Bonchev–Trinajstić information content (AvgIpc) is 2.83. The van der Waals surface area contributed by atoms with Crippen molar-refractivity contribution >= 4 is 0 Å². The van der Waals surface area contributed by atoms with Gasteiger partial charge in [-0.1, -0.05) is 12.1 Å². The van der Waals surface area contributed by atoms with Crippen LogP contribution in [0.4, 0.5) is 13.2 Å². The van der Waals surface area contributed by atoms with Crippen molar-refractivity contribution in [2.24, 2.45) is 5.73 Å². The lowest BCUT2D eigenvalue weighted by molar-refractivity contribution is -0.137. The van der Waals surface area contributed by atoms with Crippen molar-refractivity contribution in [1.82, 2.24) is 14.8 Å². The molecular formula is C13H13F3N4. The first kappa shape index (κ1) is 13.1. The van der Waals surface area contributed by atoms with Crippen molar-refractivity contribution in [2.45, 2.75) is 31.6 Å². The van der Waals surface area contributed by atoms with Gasteiger partial charge in [0.25, 0.3) is 0 Å². The van der Waals surface area contributed by atoms with Crippen LogP contribution in [0.5, 0.6) is 0 Å². The summed E-state index contributed by atoms with van der Waals surface area (Å²) in [5.41, 5.74) is 5.66. The van der Waals surface area contributed by atoms with Crippen molar-refractivity contribution in [3.63, 3.8) is 0 Å². The van der Waals surface area contributed by atoms with E-state index in [9.17, 15) is 13.2 Å². The molecule has 1 unspecified atom stereocenters. The topological polar surface area (TPSA) is 56.7 Å². The van der Waals surface area contributed by atoms with Gasteiger partial charge in [-0.2, -0.15) is 13.2 Å². The van der Waals surface area contributed by atoms with E-state index in [0.29, 0.717) is 23.8 Å². The molecule has 0 fully saturated rings. The third-order valence-electron chi connectivity index (χ3n) is 3.46. The fraction of sp³-hybridized carbons (Fsp3) is 0.385. The highest BCUT2D eigenvalue weighted by molar-refractivity contribution is 5.57. The summed E-state index contributed by atoms with van der Waals surface area (Å²) >= 11 is 0. The lowest BCUT2D eigenvalue weighted by Gasteiger charge is -2.20. The van der Waals surface area contributed by atoms with Crippen LogP contribution in [0.15, 0.2) is 24.3 Å². The molecule has 2 N–H and O–H groups in total. The second-order valence-corrected chi connectivity index (χ2v) is 4.86. The van der Waals surface area contributed by atoms with Gasteiger partial charge in [0.2, 0.25) is 0 Å². The number of aromatic nitrogens is 3. The molecule has 0 aliphatic carbocycles. The van der Waals surface area contributed by atoms with E-state index in [4.69, 9.17) is 5.73 Å². The molecule has 0 bridgehead atoms. The molecule has 2 aromatic rings. The first-order valence-corrected chi connectivity index (χ1v) is 6.33. The molecule has 1 aromatic carbocycles. The van der Waals surface area contributed by atoms with E-state index in [1.807, 2.05) is 4.57 Å². The SMILES string of the molecule is NC1CCCn2c(-c3cccc(C(F)(F)F)c3)nnc21. The van der Waals surface area contributed by atoms with Crippen LogP contribution < -0.4 is 5.73 Å². The molecule has 0 saturated carbocycles. The van der Waals surface area contributed by atoms with Crippen LogP contribution in [0, 0.1) is 0 Å². The monoisotopic (exact) mass is 282 g/mol. The van der Waals surface area contributed by atoms with Crippen LogP contribution in [0.3, 0.4) is 0 Å². The Bertz CT molecular complexity index is 633. The van der Waals surface area contributed by atoms with Gasteiger partial charge < -0.3 is 10.3 Å². The Morgan fingerprint density at radius 2 is 2.05 bits per heavy atom. The maximum atomic E-state index is 12.7. The van der Waals surface area contributed by atoms with Gasteiger partial charge in [0, 0.05) is 12.1 Å². The summed E-state index contributed by atoms with van der Waals surface area (Å²) in [7, 11) is 0. The summed E-state index contributed by atoms with van der Waals surface area (Å²) < 4.78 is 40.1. The number of hydrogen-bond acceptors (Lipinski definition) is 3. The molecule has 1 atom stereocenters. The van der Waals surface area contributed by atoms with Gasteiger partial charge in [-0.3, -0.25) is 0 Å². The number of nitrogens with zero attached hydrogens (tertiary/aromatic N) is 3. The summed E-state index contributed by atoms with van der Waals surface area (Å²) in [5.74, 6) is 1.09. The molecule has 2 heterocycles. The molecule has 1 aliphatic rings. The van der Waals surface area contributed by atoms with E-state index in [0.717, 1.165) is 25.0 Å². The number of alkyl halides is 3. The van der Waals surface area contributed by atoms with Gasteiger partial charge in [0.1, 0.15) is 5.82 Å². The Morgan fingerprint density at radius 3 is 2.80 bits per heavy atom. The second kappa shape index (κ2) is 4.59. The molecule has 7 heteroatoms. The van der Waals surface area contributed by atoms with Crippen molar-refractivity contribution in [3.05, 3.63) is 35.7 Å². The minimum absolute atomic E-state index is 0.198. The molecule has 1 aliphatic heterocycles. The highest BCUT2D eigenvalue weighted by Gasteiger charge is 2.31. The van der Waals surface area contributed by atoms with Gasteiger partial charge >= 0.3 is 6.18 Å². The van der Waals surface area contributed by atoms with E-state index >= 15 is 0 Å². The largest absolute Gasteiger partial charge is 0.416 e. The number of fused-ring (bicyclic) bond motifs is 1. The fourth-order valence-corrected chi connectivity index (χ4v) is 2.46. The average molecular weight is 282 g/mol. The Balaban J connectivity index is 2.06. The third-order valence-corrected chi connectivity index (χ3v) is 3.46. The smallest absolute Gasteiger partial charge is 0.321 e. The maximum Gasteiger partial charge on any atom is 0.416 e. The number of hydrogen-bond donors (Lipinski definition) is 1. The highest BCUT2D eigenvalue weighted by atomic mass is 19.4. The summed E-state index contributed by atoms with van der Waals surface area (Å²) in [4.78, 5) is 0. The first-order valence-electron chi connectivity index (χ1n) is 6.33. The normalized spacial score (nSPS) is 18.9. The number of halogens is 3. The lowest BCUT2D eigenvalue weighted by atomic mass is 10.1. The molecule has 1 aromatic heterocycles. The van der Waals surface area contributed by atoms with Gasteiger partial charge in [-0.25, -0.2) is 0 Å². The number of rotatable bonds is 1. The highest BCUT2D eigenvalue weighted by Crippen LogP contribution is 2.33. The number of nitrogens with two attached hydrogens (primary N) is 1. The van der Waals surface area contributed by atoms with Crippen molar-refractivity contribution in [1.29, 1.82) is 0 Å². The van der Waals surface area contributed by atoms with E-state index < -0.39 is 11.7 Å². The molecule has 0 spiro atoms. The van der Waals surface area contributed by atoms with Crippen LogP contribution >= 0.6 is 0 Å². The van der Waals surface area contributed by atoms with E-state index in [-0.39, 0.29) is 6.04 Å². The minimum atomic E-state index is -4.36. The predicted molar refractivity (Wildman–Crippen MR) is 66.6 cm³/mol. The molecule has 3 rings (SSSR count). The third kappa shape index (κ3) is 2.18. The van der Waals surface area contributed by atoms with Crippen molar-refractivity contribution < 1.29 is 13.2 Å². The van der Waals surface area contributed by atoms with Gasteiger partial charge in [-0.15, -0.1) is 10.2 Å². The zero-order valence-corrected chi connectivity index (χ0v) is 10.6. The van der Waals surface area contributed by atoms with E-state index in [2.05, 4.69) is 10.2 Å². The van der Waals surface area contributed by atoms with Crippen LogP contribution in [-0.4, -0.2) is 14.8 Å². The Kier molecular flexibility index (Phi) is 3.01. The number of benzene rings is 1. The quantitative estimate of drug-likeness (QED) is 0.875. The van der Waals surface area contributed by atoms with Gasteiger partial charge in [0.15, 0.2) is 5.82 Å². The van der Waals surface area contributed by atoms with Crippen LogP contribution in [0.25, 0.3) is 11.4 Å². The van der Waals surface area contributed by atoms with E-state index in [1.54, 1.807) is 6.07 Å². The van der Waals surface area contributed by atoms with Crippen molar-refractivity contribution in [3.8, 4) is 11.4 Å². The Hall–Kier alpha value is -1.89. The predicted octanol–water partition coefficient (Wildman–Crippen LogP) is 2.76. The molecule has 4 nitrogen and oxygen atoms in total. The fourth-order valence-electron chi connectivity index (χ4n) is 2.46. The van der Waals surface area contributed by atoms with Crippen LogP contribution in [-0.2, 0) is 12.7 Å². The lowest BCUT2D eigenvalue weighted by Crippen LogP contribution is -2.22. The van der Waals surface area contributed by atoms with Crippen molar-refractivity contribution in [2.75, 3.05) is 0 Å². The first-order chi connectivity index (χ1) is 9.47. The molecule has 106 valence electrons. The zero-order chi connectivity index (χ0) is 14.3. The summed E-state index contributed by atoms with van der Waals surface area (Å²) in [6.45, 7) is 0.682. The molecule has 20 heavy (non-hydrogen) atoms. The summed E-state index contributed by atoms with van der Waals surface area (Å²) in [5, 5.41) is 8.02. The molecule has 0 saturated heterocycles. The summed E-state index contributed by atoms with van der Waals surface area (Å²) in [6.07, 6.45) is -2.67. The maximum absolute atomic E-state index is 12.7. The molecule has 0 radical (unpaired) electrons. The Labute approximate surface area is 113 Å². The molecule has 0 amide bonds. The van der Waals surface area contributed by atoms with Crippen LogP contribution in [0.1, 0.15) is 30.3 Å². The van der Waals surface area contributed by atoms with Gasteiger partial charge in [-0.05, 0) is 25.0 Å². The molecular weight excluding hydrogens is 269 g/mol. The second-order valence-electron chi connectivity index (χ2n) is 4.86. The minimum Gasteiger partial charge on any atom is -0.321 e. The zero-order valence-electron chi connectivity index (χ0n) is 10.6.